The van der Waals surface area contributed by atoms with Crippen LogP contribution >= 0.6 is 12.2 Å². The van der Waals surface area contributed by atoms with Crippen molar-refractivity contribution >= 4 is 23.1 Å². The Hall–Kier alpha value is -1.43. The summed E-state index contributed by atoms with van der Waals surface area (Å²) in [5, 5.41) is 7.08. The van der Waals surface area contributed by atoms with Crippen LogP contribution in [0, 0.1) is 12.8 Å². The van der Waals surface area contributed by atoms with E-state index in [0.29, 0.717) is 13.0 Å². The van der Waals surface area contributed by atoms with Crippen molar-refractivity contribution < 1.29 is 4.79 Å². The minimum Gasteiger partial charge on any atom is -0.393 e. The molecule has 1 rings (SSSR count). The smallest absolute Gasteiger partial charge is 0.230 e. The van der Waals surface area contributed by atoms with Crippen molar-refractivity contribution in [3.05, 3.63) is 17.5 Å². The molecule has 0 radical (unpaired) electrons. The van der Waals surface area contributed by atoms with Crippen molar-refractivity contribution in [1.29, 1.82) is 0 Å². The summed E-state index contributed by atoms with van der Waals surface area (Å²) in [6, 6.07) is 0. The van der Waals surface area contributed by atoms with E-state index in [1.807, 2.05) is 27.1 Å². The lowest BCUT2D eigenvalue weighted by Gasteiger charge is -2.14. The van der Waals surface area contributed by atoms with E-state index in [9.17, 15) is 4.79 Å². The van der Waals surface area contributed by atoms with Crippen LogP contribution in [0.4, 0.5) is 0 Å². The standard InChI is InChI=1S/C12H20N4OS/c1-4-5-10(11(13)18)12(17)14-6-9-7-16(3)15-8(9)2/h7,10H,4-6H2,1-3H3,(H2,13,18)(H,14,17). The summed E-state index contributed by atoms with van der Waals surface area (Å²) in [6.07, 6.45) is 3.46. The Morgan fingerprint density at radius 1 is 1.67 bits per heavy atom. The molecule has 0 saturated carbocycles. The number of amides is 1. The third-order valence-electron chi connectivity index (χ3n) is 2.81. The third kappa shape index (κ3) is 3.80. The quantitative estimate of drug-likeness (QED) is 0.756. The largest absolute Gasteiger partial charge is 0.393 e. The molecule has 0 aliphatic carbocycles. The topological polar surface area (TPSA) is 72.9 Å². The zero-order valence-corrected chi connectivity index (χ0v) is 11.9. The number of carbonyl (C=O) groups is 1. The Morgan fingerprint density at radius 3 is 2.78 bits per heavy atom. The van der Waals surface area contributed by atoms with Gasteiger partial charge in [0.15, 0.2) is 0 Å². The van der Waals surface area contributed by atoms with Crippen LogP contribution in [0.1, 0.15) is 31.0 Å². The highest BCUT2D eigenvalue weighted by molar-refractivity contribution is 7.80. The maximum Gasteiger partial charge on any atom is 0.230 e. The van der Waals surface area contributed by atoms with Gasteiger partial charge in [-0.15, -0.1) is 0 Å². The van der Waals surface area contributed by atoms with Crippen LogP contribution in [-0.4, -0.2) is 20.7 Å². The SMILES string of the molecule is CCCC(C(=O)NCc1cn(C)nc1C)C(N)=S. The van der Waals surface area contributed by atoms with Gasteiger partial charge in [-0.3, -0.25) is 9.48 Å². The maximum atomic E-state index is 12.0. The second-order valence-corrected chi connectivity index (χ2v) is 4.85. The molecule has 5 nitrogen and oxygen atoms in total. The van der Waals surface area contributed by atoms with Gasteiger partial charge in [-0.2, -0.15) is 5.10 Å². The Balaban J connectivity index is 2.59. The van der Waals surface area contributed by atoms with E-state index in [1.165, 1.54) is 0 Å². The number of hydrogen-bond acceptors (Lipinski definition) is 3. The molecule has 1 aromatic rings. The van der Waals surface area contributed by atoms with Crippen molar-refractivity contribution in [3.8, 4) is 0 Å². The molecule has 0 aliphatic heterocycles. The Kier molecular flexibility index (Phi) is 5.27. The number of nitrogens with two attached hydrogens (primary N) is 1. The molecule has 1 atom stereocenters. The number of rotatable bonds is 6. The monoisotopic (exact) mass is 268 g/mol. The summed E-state index contributed by atoms with van der Waals surface area (Å²) in [7, 11) is 1.85. The summed E-state index contributed by atoms with van der Waals surface area (Å²) >= 11 is 4.92. The maximum absolute atomic E-state index is 12.0. The fraction of sp³-hybridized carbons (Fsp3) is 0.583. The second-order valence-electron chi connectivity index (χ2n) is 4.37. The number of aryl methyl sites for hydroxylation is 2. The first-order valence-electron chi connectivity index (χ1n) is 6.01. The lowest BCUT2D eigenvalue weighted by atomic mass is 10.0. The molecule has 0 aliphatic rings. The molecule has 1 heterocycles. The van der Waals surface area contributed by atoms with Crippen molar-refractivity contribution in [2.24, 2.45) is 18.7 Å². The second kappa shape index (κ2) is 6.49. The summed E-state index contributed by atoms with van der Waals surface area (Å²) < 4.78 is 1.73. The van der Waals surface area contributed by atoms with E-state index in [0.717, 1.165) is 17.7 Å². The Labute approximate surface area is 113 Å². The molecule has 18 heavy (non-hydrogen) atoms. The first-order chi connectivity index (χ1) is 8.45. The van der Waals surface area contributed by atoms with Crippen LogP contribution in [-0.2, 0) is 18.4 Å². The molecule has 0 spiro atoms. The van der Waals surface area contributed by atoms with Gasteiger partial charge in [-0.1, -0.05) is 25.6 Å². The highest BCUT2D eigenvalue weighted by atomic mass is 32.1. The van der Waals surface area contributed by atoms with Crippen LogP contribution in [0.15, 0.2) is 6.20 Å². The Bertz CT molecular complexity index is 441. The minimum atomic E-state index is -0.373. The van der Waals surface area contributed by atoms with Crippen LogP contribution in [0.25, 0.3) is 0 Å². The molecule has 1 amide bonds. The van der Waals surface area contributed by atoms with E-state index in [-0.39, 0.29) is 16.8 Å². The lowest BCUT2D eigenvalue weighted by Crippen LogP contribution is -2.37. The average Bonchev–Trinajstić information content (AvgIpc) is 2.61. The molecule has 6 heteroatoms. The van der Waals surface area contributed by atoms with Crippen molar-refractivity contribution in [1.82, 2.24) is 15.1 Å². The van der Waals surface area contributed by atoms with Gasteiger partial charge in [0.25, 0.3) is 0 Å². The molecule has 3 N–H and O–H groups in total. The number of carbonyl (C=O) groups excluding carboxylic acids is 1. The predicted molar refractivity (Wildman–Crippen MR) is 75.0 cm³/mol. The van der Waals surface area contributed by atoms with Gasteiger partial charge in [-0.05, 0) is 13.3 Å². The van der Waals surface area contributed by atoms with Gasteiger partial charge < -0.3 is 11.1 Å². The summed E-state index contributed by atoms with van der Waals surface area (Å²) in [4.78, 5) is 12.2. The van der Waals surface area contributed by atoms with E-state index >= 15 is 0 Å². The molecule has 0 aromatic carbocycles. The molecule has 0 fully saturated rings. The lowest BCUT2D eigenvalue weighted by molar-refractivity contribution is -0.123. The fourth-order valence-corrected chi connectivity index (χ4v) is 2.04. The van der Waals surface area contributed by atoms with Crippen molar-refractivity contribution in [3.63, 3.8) is 0 Å². The van der Waals surface area contributed by atoms with Gasteiger partial charge in [-0.25, -0.2) is 0 Å². The van der Waals surface area contributed by atoms with Gasteiger partial charge in [0.05, 0.1) is 16.6 Å². The Morgan fingerprint density at radius 2 is 2.33 bits per heavy atom. The average molecular weight is 268 g/mol. The van der Waals surface area contributed by atoms with Gasteiger partial charge in [0.1, 0.15) is 0 Å². The molecule has 0 saturated heterocycles. The molecular formula is C12H20N4OS. The van der Waals surface area contributed by atoms with Gasteiger partial charge in [0, 0.05) is 25.4 Å². The molecule has 100 valence electrons. The first-order valence-corrected chi connectivity index (χ1v) is 6.42. The highest BCUT2D eigenvalue weighted by Crippen LogP contribution is 2.09. The highest BCUT2D eigenvalue weighted by Gasteiger charge is 2.20. The predicted octanol–water partition coefficient (Wildman–Crippen LogP) is 1.05. The van der Waals surface area contributed by atoms with E-state index in [1.54, 1.807) is 4.68 Å². The molecule has 1 unspecified atom stereocenters. The van der Waals surface area contributed by atoms with E-state index in [4.69, 9.17) is 18.0 Å². The van der Waals surface area contributed by atoms with Crippen LogP contribution in [0.5, 0.6) is 0 Å². The number of nitrogens with one attached hydrogen (secondary N) is 1. The van der Waals surface area contributed by atoms with E-state index < -0.39 is 0 Å². The zero-order valence-electron chi connectivity index (χ0n) is 11.1. The van der Waals surface area contributed by atoms with Gasteiger partial charge >= 0.3 is 0 Å². The van der Waals surface area contributed by atoms with Crippen molar-refractivity contribution in [2.45, 2.75) is 33.2 Å². The first kappa shape index (κ1) is 14.6. The van der Waals surface area contributed by atoms with Gasteiger partial charge in [0.2, 0.25) is 5.91 Å². The normalized spacial score (nSPS) is 12.2. The summed E-state index contributed by atoms with van der Waals surface area (Å²) in [5.74, 6) is -0.477. The summed E-state index contributed by atoms with van der Waals surface area (Å²) in [6.45, 7) is 4.38. The number of hydrogen-bond donors (Lipinski definition) is 2. The van der Waals surface area contributed by atoms with Crippen LogP contribution < -0.4 is 11.1 Å². The molecular weight excluding hydrogens is 248 g/mol. The number of nitrogens with zero attached hydrogens (tertiary/aromatic N) is 2. The number of aromatic nitrogens is 2. The summed E-state index contributed by atoms with van der Waals surface area (Å²) in [5.41, 5.74) is 7.50. The van der Waals surface area contributed by atoms with E-state index in [2.05, 4.69) is 10.4 Å². The number of thiocarbonyl (C=S) groups is 1. The third-order valence-corrected chi connectivity index (χ3v) is 3.09. The van der Waals surface area contributed by atoms with Crippen LogP contribution in [0.3, 0.4) is 0 Å². The van der Waals surface area contributed by atoms with Crippen LogP contribution in [0.2, 0.25) is 0 Å². The van der Waals surface area contributed by atoms with Crippen molar-refractivity contribution in [2.75, 3.05) is 0 Å². The molecule has 1 aromatic heterocycles. The molecule has 0 bridgehead atoms. The minimum absolute atomic E-state index is 0.104. The fourth-order valence-electron chi connectivity index (χ4n) is 1.82. The zero-order chi connectivity index (χ0) is 13.7.